The van der Waals surface area contributed by atoms with Crippen molar-refractivity contribution in [3.63, 3.8) is 0 Å². The van der Waals surface area contributed by atoms with Gasteiger partial charge in [0.2, 0.25) is 0 Å². The van der Waals surface area contributed by atoms with Gasteiger partial charge in [-0.25, -0.2) is 9.37 Å². The van der Waals surface area contributed by atoms with Gasteiger partial charge in [0.15, 0.2) is 5.13 Å². The van der Waals surface area contributed by atoms with Crippen LogP contribution in [0.5, 0.6) is 0 Å². The molecule has 1 aliphatic heterocycles. The highest BCUT2D eigenvalue weighted by Gasteiger charge is 2.34. The number of hydrogen-bond donors (Lipinski definition) is 1. The summed E-state index contributed by atoms with van der Waals surface area (Å²) < 4.78 is 52.2. The molecule has 140 valence electrons. The van der Waals surface area contributed by atoms with Gasteiger partial charge in [0.1, 0.15) is 12.0 Å². The molecule has 0 spiro atoms. The highest BCUT2D eigenvalue weighted by Crippen LogP contribution is 2.33. The van der Waals surface area contributed by atoms with Crippen molar-refractivity contribution in [2.75, 3.05) is 18.0 Å². The number of benzene rings is 1. The Hall–Kier alpha value is -2.27. The van der Waals surface area contributed by atoms with Crippen LogP contribution < -0.4 is 10.2 Å². The molecule has 0 bridgehead atoms. The molecule has 11 heteroatoms. The summed E-state index contributed by atoms with van der Waals surface area (Å²) in [6.45, 7) is 1.02. The van der Waals surface area contributed by atoms with Crippen LogP contribution in [0.25, 0.3) is 0 Å². The molecule has 0 unspecified atom stereocenters. The minimum absolute atomic E-state index is 0.0257. The minimum Gasteiger partial charge on any atom is -0.346 e. The maximum atomic E-state index is 13.1. The van der Waals surface area contributed by atoms with Crippen molar-refractivity contribution in [3.05, 3.63) is 51.5 Å². The Morgan fingerprint density at radius 1 is 1.42 bits per heavy atom. The van der Waals surface area contributed by atoms with Crippen molar-refractivity contribution in [2.24, 2.45) is 0 Å². The molecule has 0 saturated carbocycles. The third kappa shape index (κ3) is 4.10. The molecule has 0 amide bonds. The van der Waals surface area contributed by atoms with E-state index in [9.17, 15) is 27.7 Å². The van der Waals surface area contributed by atoms with Crippen molar-refractivity contribution in [3.8, 4) is 0 Å². The molecule has 1 aromatic carbocycles. The highest BCUT2D eigenvalue weighted by atomic mass is 32.1. The number of hydrogen-bond acceptors (Lipinski definition) is 6. The molecule has 0 radical (unpaired) electrons. The lowest BCUT2D eigenvalue weighted by Crippen LogP contribution is -2.32. The summed E-state index contributed by atoms with van der Waals surface area (Å²) in [5, 5.41) is 14.2. The maximum absolute atomic E-state index is 13.1. The number of halogens is 4. The zero-order chi connectivity index (χ0) is 18.9. The number of nitrogens with zero attached hydrogens (tertiary/aromatic N) is 3. The molecular weight excluding hydrogens is 376 g/mol. The molecule has 1 saturated heterocycles. The van der Waals surface area contributed by atoms with E-state index in [0.29, 0.717) is 30.7 Å². The first-order valence-electron chi connectivity index (χ1n) is 7.68. The van der Waals surface area contributed by atoms with Crippen LogP contribution in [-0.4, -0.2) is 29.0 Å². The van der Waals surface area contributed by atoms with Gasteiger partial charge in [-0.3, -0.25) is 10.1 Å². The topological polar surface area (TPSA) is 71.3 Å². The van der Waals surface area contributed by atoms with Crippen molar-refractivity contribution in [1.29, 1.82) is 0 Å². The van der Waals surface area contributed by atoms with Crippen LogP contribution in [0.3, 0.4) is 0 Å². The first-order chi connectivity index (χ1) is 12.2. The fourth-order valence-corrected chi connectivity index (χ4v) is 3.58. The van der Waals surface area contributed by atoms with Gasteiger partial charge in [-0.05, 0) is 35.5 Å². The van der Waals surface area contributed by atoms with Gasteiger partial charge in [-0.15, -0.1) is 0 Å². The molecule has 26 heavy (non-hydrogen) atoms. The standard InChI is InChI=1S/C15H14F4N4O2S/c16-10-2-1-9(12(5-10)15(17,18)19)6-20-11-3-4-22(8-11)14-21-7-13(26-14)23(24)25/h1-2,5,7,11,20H,3-4,6,8H2/t11-/m0/s1. The average Bonchev–Trinajstić information content (AvgIpc) is 3.22. The van der Waals surface area contributed by atoms with Gasteiger partial charge in [0.25, 0.3) is 0 Å². The fourth-order valence-electron chi connectivity index (χ4n) is 2.81. The van der Waals surface area contributed by atoms with Crippen LogP contribution in [0, 0.1) is 15.9 Å². The lowest BCUT2D eigenvalue weighted by atomic mass is 10.1. The van der Waals surface area contributed by atoms with Crippen molar-refractivity contribution in [2.45, 2.75) is 25.2 Å². The van der Waals surface area contributed by atoms with Crippen molar-refractivity contribution >= 4 is 21.5 Å². The Kier molecular flexibility index (Phi) is 5.10. The Bertz CT molecular complexity index is 811. The number of alkyl halides is 3. The number of rotatable bonds is 5. The molecule has 1 aromatic heterocycles. The van der Waals surface area contributed by atoms with Gasteiger partial charge in [0.05, 0.1) is 10.5 Å². The summed E-state index contributed by atoms with van der Waals surface area (Å²) in [4.78, 5) is 16.1. The molecule has 0 aliphatic carbocycles. The monoisotopic (exact) mass is 390 g/mol. The SMILES string of the molecule is O=[N+]([O-])c1cnc(N2CC[C@H](NCc3ccc(F)cc3C(F)(F)F)C2)s1. The van der Waals surface area contributed by atoms with Gasteiger partial charge in [-0.2, -0.15) is 13.2 Å². The number of nitro groups is 1. The van der Waals surface area contributed by atoms with Crippen LogP contribution in [0.15, 0.2) is 24.4 Å². The van der Waals surface area contributed by atoms with E-state index in [-0.39, 0.29) is 23.2 Å². The molecule has 1 fully saturated rings. The Morgan fingerprint density at radius 3 is 2.85 bits per heavy atom. The van der Waals surface area contributed by atoms with E-state index in [0.717, 1.165) is 23.5 Å². The van der Waals surface area contributed by atoms with Crippen LogP contribution in [0.4, 0.5) is 27.7 Å². The fraction of sp³-hybridized carbons (Fsp3) is 0.400. The van der Waals surface area contributed by atoms with Crippen molar-refractivity contribution < 1.29 is 22.5 Å². The third-order valence-electron chi connectivity index (χ3n) is 4.08. The molecule has 3 rings (SSSR count). The van der Waals surface area contributed by atoms with E-state index in [1.165, 1.54) is 6.20 Å². The van der Waals surface area contributed by atoms with Gasteiger partial charge >= 0.3 is 11.2 Å². The number of anilines is 1. The predicted molar refractivity (Wildman–Crippen MR) is 87.6 cm³/mol. The van der Waals surface area contributed by atoms with Crippen LogP contribution >= 0.6 is 11.3 Å². The minimum atomic E-state index is -4.62. The summed E-state index contributed by atoms with van der Waals surface area (Å²) in [7, 11) is 0. The summed E-state index contributed by atoms with van der Waals surface area (Å²) in [5.41, 5.74) is -1.02. The Labute approximate surface area is 149 Å². The first kappa shape index (κ1) is 18.5. The second-order valence-electron chi connectivity index (χ2n) is 5.85. The van der Waals surface area contributed by atoms with Crippen molar-refractivity contribution in [1.82, 2.24) is 10.3 Å². The summed E-state index contributed by atoms with van der Waals surface area (Å²) in [6, 6.07) is 2.53. The molecule has 6 nitrogen and oxygen atoms in total. The van der Waals surface area contributed by atoms with E-state index in [1.54, 1.807) is 0 Å². The van der Waals surface area contributed by atoms with E-state index >= 15 is 0 Å². The zero-order valence-corrected chi connectivity index (χ0v) is 14.1. The van der Waals surface area contributed by atoms with Crippen LogP contribution in [0.2, 0.25) is 0 Å². The average molecular weight is 390 g/mol. The van der Waals surface area contributed by atoms with Gasteiger partial charge in [-0.1, -0.05) is 6.07 Å². The molecule has 1 aliphatic rings. The lowest BCUT2D eigenvalue weighted by Gasteiger charge is -2.17. The first-order valence-corrected chi connectivity index (χ1v) is 8.50. The van der Waals surface area contributed by atoms with E-state index < -0.39 is 22.5 Å². The van der Waals surface area contributed by atoms with E-state index in [4.69, 9.17) is 0 Å². The Balaban J connectivity index is 1.62. The van der Waals surface area contributed by atoms with Crippen LogP contribution in [-0.2, 0) is 12.7 Å². The van der Waals surface area contributed by atoms with Gasteiger partial charge in [0, 0.05) is 25.7 Å². The zero-order valence-electron chi connectivity index (χ0n) is 13.3. The Morgan fingerprint density at radius 2 is 2.19 bits per heavy atom. The highest BCUT2D eigenvalue weighted by molar-refractivity contribution is 7.18. The smallest absolute Gasteiger partial charge is 0.346 e. The number of thiazole rings is 1. The maximum Gasteiger partial charge on any atom is 0.416 e. The summed E-state index contributed by atoms with van der Waals surface area (Å²) in [6.07, 6.45) is -2.77. The quantitative estimate of drug-likeness (QED) is 0.480. The molecular formula is C15H14F4N4O2S. The van der Waals surface area contributed by atoms with E-state index in [1.807, 2.05) is 4.90 Å². The molecule has 1 N–H and O–H groups in total. The third-order valence-corrected chi connectivity index (χ3v) is 5.09. The molecule has 1 atom stereocenters. The molecule has 2 aromatic rings. The largest absolute Gasteiger partial charge is 0.416 e. The second-order valence-corrected chi connectivity index (χ2v) is 6.84. The number of aromatic nitrogens is 1. The lowest BCUT2D eigenvalue weighted by molar-refractivity contribution is -0.380. The molecule has 2 heterocycles. The summed E-state index contributed by atoms with van der Waals surface area (Å²) >= 11 is 0.960. The summed E-state index contributed by atoms with van der Waals surface area (Å²) in [5.74, 6) is -0.932. The van der Waals surface area contributed by atoms with E-state index in [2.05, 4.69) is 10.3 Å². The number of nitrogens with one attached hydrogen (secondary N) is 1. The normalized spacial score (nSPS) is 17.7. The predicted octanol–water partition coefficient (Wildman–Crippen LogP) is 3.58. The second kappa shape index (κ2) is 7.16. The van der Waals surface area contributed by atoms with Crippen LogP contribution in [0.1, 0.15) is 17.5 Å². The van der Waals surface area contributed by atoms with Gasteiger partial charge < -0.3 is 10.2 Å².